The fourth-order valence-corrected chi connectivity index (χ4v) is 1.95. The first-order chi connectivity index (χ1) is 7.38. The van der Waals surface area contributed by atoms with Crippen molar-refractivity contribution in [3.05, 3.63) is 12.2 Å². The van der Waals surface area contributed by atoms with Crippen molar-refractivity contribution in [1.29, 1.82) is 0 Å². The summed E-state index contributed by atoms with van der Waals surface area (Å²) >= 11 is 0. The number of likely N-dealkylation sites (tertiary alicyclic amines) is 1. The van der Waals surface area contributed by atoms with E-state index in [0.717, 1.165) is 32.0 Å². The second kappa shape index (κ2) is 5.23. The summed E-state index contributed by atoms with van der Waals surface area (Å²) in [5, 5.41) is 7.35. The van der Waals surface area contributed by atoms with Crippen LogP contribution in [0, 0.1) is 0 Å². The predicted molar refractivity (Wildman–Crippen MR) is 56.3 cm³/mol. The predicted octanol–water partition coefficient (Wildman–Crippen LogP) is 0.643. The van der Waals surface area contributed by atoms with Gasteiger partial charge in [0.2, 0.25) is 6.39 Å². The van der Waals surface area contributed by atoms with Crippen molar-refractivity contribution in [2.45, 2.75) is 32.4 Å². The minimum Gasteiger partial charge on any atom is -0.343 e. The van der Waals surface area contributed by atoms with Gasteiger partial charge in [-0.2, -0.15) is 4.98 Å². The third-order valence-corrected chi connectivity index (χ3v) is 2.73. The summed E-state index contributed by atoms with van der Waals surface area (Å²) in [5.74, 6) is 0.783. The number of aromatic nitrogens is 2. The zero-order chi connectivity index (χ0) is 10.5. The normalized spacial score (nSPS) is 22.3. The summed E-state index contributed by atoms with van der Waals surface area (Å²) in [5.41, 5.74) is 0. The molecule has 15 heavy (non-hydrogen) atoms. The molecule has 0 radical (unpaired) electrons. The minimum atomic E-state index is 0.636. The third-order valence-electron chi connectivity index (χ3n) is 2.73. The lowest BCUT2D eigenvalue weighted by molar-refractivity contribution is 0.303. The molecule has 1 saturated heterocycles. The van der Waals surface area contributed by atoms with Gasteiger partial charge in [0.15, 0.2) is 5.82 Å². The highest BCUT2D eigenvalue weighted by Gasteiger charge is 2.22. The van der Waals surface area contributed by atoms with Crippen LogP contribution in [0.4, 0.5) is 0 Å². The van der Waals surface area contributed by atoms with E-state index >= 15 is 0 Å². The number of hydrogen-bond acceptors (Lipinski definition) is 5. The van der Waals surface area contributed by atoms with E-state index in [0.29, 0.717) is 6.04 Å². The van der Waals surface area contributed by atoms with E-state index in [-0.39, 0.29) is 0 Å². The summed E-state index contributed by atoms with van der Waals surface area (Å²) in [6.07, 6.45) is 3.80. The Kier molecular flexibility index (Phi) is 3.69. The highest BCUT2D eigenvalue weighted by molar-refractivity contribution is 4.85. The van der Waals surface area contributed by atoms with Gasteiger partial charge >= 0.3 is 0 Å². The molecule has 1 N–H and O–H groups in total. The topological polar surface area (TPSA) is 54.2 Å². The summed E-state index contributed by atoms with van der Waals surface area (Å²) in [6, 6.07) is 0.636. The Labute approximate surface area is 89.8 Å². The molecular weight excluding hydrogens is 192 g/mol. The Morgan fingerprint density at radius 3 is 3.33 bits per heavy atom. The van der Waals surface area contributed by atoms with Crippen LogP contribution in [0.15, 0.2) is 10.9 Å². The van der Waals surface area contributed by atoms with Crippen LogP contribution in [0.2, 0.25) is 0 Å². The van der Waals surface area contributed by atoms with E-state index in [1.165, 1.54) is 19.2 Å². The number of nitrogens with zero attached hydrogens (tertiary/aromatic N) is 3. The zero-order valence-corrected chi connectivity index (χ0v) is 9.15. The lowest BCUT2D eigenvalue weighted by Gasteiger charge is -2.14. The van der Waals surface area contributed by atoms with E-state index in [1.54, 1.807) is 0 Å². The molecule has 0 aromatic carbocycles. The standard InChI is InChI=1S/C10H18N4O/c1-2-4-11-9-3-5-14(6-9)7-10-12-8-15-13-10/h8-9,11H,2-7H2,1H3. The van der Waals surface area contributed by atoms with Crippen LogP contribution in [0.3, 0.4) is 0 Å². The number of hydrogen-bond donors (Lipinski definition) is 1. The highest BCUT2D eigenvalue weighted by Crippen LogP contribution is 2.11. The van der Waals surface area contributed by atoms with Gasteiger partial charge in [0.05, 0.1) is 6.54 Å². The molecule has 5 nitrogen and oxygen atoms in total. The average molecular weight is 210 g/mol. The van der Waals surface area contributed by atoms with Gasteiger partial charge in [-0.3, -0.25) is 4.90 Å². The molecule has 1 aliphatic heterocycles. The van der Waals surface area contributed by atoms with Crippen LogP contribution in [0.25, 0.3) is 0 Å². The summed E-state index contributed by atoms with van der Waals surface area (Å²) in [6.45, 7) is 6.32. The largest absolute Gasteiger partial charge is 0.343 e. The minimum absolute atomic E-state index is 0.636. The van der Waals surface area contributed by atoms with Crippen molar-refractivity contribution in [3.8, 4) is 0 Å². The van der Waals surface area contributed by atoms with Gasteiger partial charge in [-0.15, -0.1) is 0 Å². The number of rotatable bonds is 5. The lowest BCUT2D eigenvalue weighted by Crippen LogP contribution is -2.32. The maximum absolute atomic E-state index is 4.71. The maximum Gasteiger partial charge on any atom is 0.213 e. The molecule has 2 heterocycles. The molecular formula is C10H18N4O. The Hall–Kier alpha value is -0.940. The van der Waals surface area contributed by atoms with E-state index in [1.807, 2.05) is 0 Å². The molecule has 1 atom stereocenters. The van der Waals surface area contributed by atoms with Crippen molar-refractivity contribution >= 4 is 0 Å². The van der Waals surface area contributed by atoms with E-state index in [2.05, 4.69) is 27.3 Å². The molecule has 1 aromatic rings. The van der Waals surface area contributed by atoms with Gasteiger partial charge in [0.1, 0.15) is 0 Å². The summed E-state index contributed by atoms with van der Waals surface area (Å²) < 4.78 is 4.71. The molecule has 1 unspecified atom stereocenters. The van der Waals surface area contributed by atoms with Gasteiger partial charge < -0.3 is 9.84 Å². The number of nitrogens with one attached hydrogen (secondary N) is 1. The fraction of sp³-hybridized carbons (Fsp3) is 0.800. The Morgan fingerprint density at radius 1 is 1.67 bits per heavy atom. The smallest absolute Gasteiger partial charge is 0.213 e. The fourth-order valence-electron chi connectivity index (χ4n) is 1.95. The van der Waals surface area contributed by atoms with Crippen LogP contribution in [0.5, 0.6) is 0 Å². The Balaban J connectivity index is 1.73. The van der Waals surface area contributed by atoms with Crippen molar-refractivity contribution in [3.63, 3.8) is 0 Å². The summed E-state index contributed by atoms with van der Waals surface area (Å²) in [7, 11) is 0. The quantitative estimate of drug-likeness (QED) is 0.773. The molecule has 1 aliphatic rings. The monoisotopic (exact) mass is 210 g/mol. The van der Waals surface area contributed by atoms with E-state index in [9.17, 15) is 0 Å². The molecule has 5 heteroatoms. The molecule has 1 fully saturated rings. The van der Waals surface area contributed by atoms with Crippen LogP contribution in [-0.4, -0.2) is 40.7 Å². The van der Waals surface area contributed by atoms with Gasteiger partial charge in [-0.05, 0) is 19.4 Å². The molecule has 0 aliphatic carbocycles. The highest BCUT2D eigenvalue weighted by atomic mass is 16.5. The second-order valence-electron chi connectivity index (χ2n) is 4.02. The van der Waals surface area contributed by atoms with Crippen molar-refractivity contribution in [2.24, 2.45) is 0 Å². The lowest BCUT2D eigenvalue weighted by atomic mass is 10.2. The van der Waals surface area contributed by atoms with E-state index < -0.39 is 0 Å². The molecule has 0 saturated carbocycles. The molecule has 84 valence electrons. The second-order valence-corrected chi connectivity index (χ2v) is 4.02. The zero-order valence-electron chi connectivity index (χ0n) is 9.15. The molecule has 0 amide bonds. The molecule has 0 bridgehead atoms. The van der Waals surface area contributed by atoms with Crippen molar-refractivity contribution in [1.82, 2.24) is 20.4 Å². The third kappa shape index (κ3) is 3.00. The van der Waals surface area contributed by atoms with Gasteiger partial charge in [0, 0.05) is 19.1 Å². The first-order valence-corrected chi connectivity index (χ1v) is 5.59. The van der Waals surface area contributed by atoms with E-state index in [4.69, 9.17) is 4.52 Å². The first kappa shape index (κ1) is 10.6. The van der Waals surface area contributed by atoms with Crippen LogP contribution < -0.4 is 5.32 Å². The van der Waals surface area contributed by atoms with Gasteiger partial charge in [-0.25, -0.2) is 0 Å². The molecule has 0 spiro atoms. The van der Waals surface area contributed by atoms with Crippen molar-refractivity contribution in [2.75, 3.05) is 19.6 Å². The molecule has 2 rings (SSSR count). The van der Waals surface area contributed by atoms with Crippen LogP contribution >= 0.6 is 0 Å². The first-order valence-electron chi connectivity index (χ1n) is 5.59. The SMILES string of the molecule is CCCNC1CCN(Cc2ncon2)C1. The van der Waals surface area contributed by atoms with Gasteiger partial charge in [-0.1, -0.05) is 12.1 Å². The Bertz CT molecular complexity index is 275. The average Bonchev–Trinajstić information content (AvgIpc) is 2.87. The van der Waals surface area contributed by atoms with Gasteiger partial charge in [0.25, 0.3) is 0 Å². The van der Waals surface area contributed by atoms with Crippen LogP contribution in [0.1, 0.15) is 25.6 Å². The maximum atomic E-state index is 4.71. The Morgan fingerprint density at radius 2 is 2.60 bits per heavy atom. The van der Waals surface area contributed by atoms with Crippen LogP contribution in [-0.2, 0) is 6.54 Å². The summed E-state index contributed by atoms with van der Waals surface area (Å²) in [4.78, 5) is 6.39. The molecule has 1 aromatic heterocycles. The van der Waals surface area contributed by atoms with Crippen molar-refractivity contribution < 1.29 is 4.52 Å².